The molecule has 0 radical (unpaired) electrons. The van der Waals surface area contributed by atoms with Crippen molar-refractivity contribution in [2.75, 3.05) is 6.61 Å². The normalized spacial score (nSPS) is 16.7. The summed E-state index contributed by atoms with van der Waals surface area (Å²) >= 11 is 0. The van der Waals surface area contributed by atoms with Crippen LogP contribution in [0.1, 0.15) is 10.4 Å². The van der Waals surface area contributed by atoms with Crippen molar-refractivity contribution in [2.45, 2.75) is 12.6 Å². The molecule has 21 heavy (non-hydrogen) atoms. The topological polar surface area (TPSA) is 96.5 Å². The maximum absolute atomic E-state index is 11.9. The zero-order valence-corrected chi connectivity index (χ0v) is 10.8. The number of carbonyl (C=O) groups is 1. The molecular weight excluding hydrogens is 278 g/mol. The first kappa shape index (κ1) is 13.1. The molecule has 0 N–H and O–H groups in total. The molecule has 1 aromatic heterocycles. The number of nitrogens with zero attached hydrogens (tertiary/aromatic N) is 3. The molecule has 0 fully saturated rings. The number of imidazole rings is 1. The Hall–Kier alpha value is -2.90. The summed E-state index contributed by atoms with van der Waals surface area (Å²) in [5.41, 5.74) is 0.444. The lowest BCUT2D eigenvalue weighted by molar-refractivity contribution is -0.389. The fraction of sp³-hybridized carbons (Fsp3) is 0.231. The number of fused-ring (bicyclic) bond motifs is 1. The Morgan fingerprint density at radius 3 is 2.90 bits per heavy atom. The minimum absolute atomic E-state index is 0.118. The summed E-state index contributed by atoms with van der Waals surface area (Å²) in [4.78, 5) is 25.7. The molecule has 0 amide bonds. The van der Waals surface area contributed by atoms with Gasteiger partial charge in [0.2, 0.25) is 0 Å². The van der Waals surface area contributed by atoms with E-state index in [1.807, 2.05) is 0 Å². The summed E-state index contributed by atoms with van der Waals surface area (Å²) in [6, 6.07) is 8.75. The lowest BCUT2D eigenvalue weighted by atomic mass is 10.2. The number of rotatable bonds is 3. The van der Waals surface area contributed by atoms with Crippen molar-refractivity contribution in [3.05, 3.63) is 52.2 Å². The number of hydrogen-bond donors (Lipinski definition) is 0. The number of nitro groups is 1. The van der Waals surface area contributed by atoms with Gasteiger partial charge in [-0.25, -0.2) is 4.79 Å². The van der Waals surface area contributed by atoms with E-state index in [0.717, 1.165) is 0 Å². The van der Waals surface area contributed by atoms with Gasteiger partial charge < -0.3 is 19.6 Å². The summed E-state index contributed by atoms with van der Waals surface area (Å²) in [5, 5.41) is 10.7. The second kappa shape index (κ2) is 5.23. The minimum Gasteiger partial charge on any atom is -0.453 e. The van der Waals surface area contributed by atoms with Crippen LogP contribution in [0, 0.1) is 10.1 Å². The van der Waals surface area contributed by atoms with E-state index in [0.29, 0.717) is 5.56 Å². The first-order valence-corrected chi connectivity index (χ1v) is 6.24. The van der Waals surface area contributed by atoms with Crippen LogP contribution in [-0.2, 0) is 11.3 Å². The molecule has 0 aliphatic carbocycles. The van der Waals surface area contributed by atoms with Gasteiger partial charge in [0.15, 0.2) is 6.10 Å². The molecule has 2 aromatic rings. The number of carbonyl (C=O) groups excluding carboxylic acids is 1. The molecule has 1 aliphatic heterocycles. The first-order chi connectivity index (χ1) is 10.1. The van der Waals surface area contributed by atoms with E-state index >= 15 is 0 Å². The smallest absolute Gasteiger partial charge is 0.414 e. The highest BCUT2D eigenvalue weighted by Gasteiger charge is 2.29. The summed E-state index contributed by atoms with van der Waals surface area (Å²) < 4.78 is 12.1. The van der Waals surface area contributed by atoms with Crippen LogP contribution in [-0.4, -0.2) is 33.2 Å². The van der Waals surface area contributed by atoms with Gasteiger partial charge in [-0.2, -0.15) is 0 Å². The van der Waals surface area contributed by atoms with Gasteiger partial charge in [-0.05, 0) is 17.1 Å². The Balaban J connectivity index is 1.69. The fourth-order valence-electron chi connectivity index (χ4n) is 2.02. The third kappa shape index (κ3) is 2.69. The van der Waals surface area contributed by atoms with Gasteiger partial charge in [0, 0.05) is 4.98 Å². The van der Waals surface area contributed by atoms with Crippen LogP contribution in [0.15, 0.2) is 36.5 Å². The molecule has 0 spiro atoms. The van der Waals surface area contributed by atoms with Crippen molar-refractivity contribution in [1.29, 1.82) is 0 Å². The largest absolute Gasteiger partial charge is 0.453 e. The molecule has 108 valence electrons. The maximum Gasteiger partial charge on any atom is 0.414 e. The molecule has 1 aromatic carbocycles. The molecule has 0 saturated carbocycles. The predicted octanol–water partition coefficient (Wildman–Crippen LogP) is 1.41. The maximum atomic E-state index is 11.9. The molecule has 0 saturated heterocycles. The Bertz CT molecular complexity index is 682. The molecule has 2 heterocycles. The van der Waals surface area contributed by atoms with Gasteiger partial charge in [-0.15, -0.1) is 0 Å². The lowest BCUT2D eigenvalue weighted by Gasteiger charge is -2.22. The van der Waals surface area contributed by atoms with Crippen LogP contribution in [0.25, 0.3) is 0 Å². The Labute approximate surface area is 119 Å². The average Bonchev–Trinajstić information content (AvgIpc) is 2.91. The second-order valence-corrected chi connectivity index (χ2v) is 4.50. The number of esters is 1. The number of hydrogen-bond acceptors (Lipinski definition) is 6. The van der Waals surface area contributed by atoms with Crippen LogP contribution in [0.4, 0.5) is 5.82 Å². The van der Waals surface area contributed by atoms with E-state index < -0.39 is 17.0 Å². The van der Waals surface area contributed by atoms with Crippen LogP contribution >= 0.6 is 0 Å². The molecule has 3 rings (SSSR count). The highest BCUT2D eigenvalue weighted by molar-refractivity contribution is 5.89. The minimum atomic E-state index is -0.598. The lowest BCUT2D eigenvalue weighted by Crippen LogP contribution is -2.34. The predicted molar refractivity (Wildman–Crippen MR) is 70.0 cm³/mol. The third-order valence-electron chi connectivity index (χ3n) is 3.00. The van der Waals surface area contributed by atoms with E-state index in [2.05, 4.69) is 4.98 Å². The fourth-order valence-corrected chi connectivity index (χ4v) is 2.02. The molecule has 8 heteroatoms. The van der Waals surface area contributed by atoms with Crippen molar-refractivity contribution in [2.24, 2.45) is 0 Å². The molecule has 8 nitrogen and oxygen atoms in total. The zero-order chi connectivity index (χ0) is 14.8. The number of ether oxygens (including phenoxy) is 2. The summed E-state index contributed by atoms with van der Waals surface area (Å²) in [5.74, 6) is -0.748. The SMILES string of the molecule is O=C(OC1COc2nc([N+](=O)[O-])cn2C1)c1ccccc1. The second-order valence-electron chi connectivity index (χ2n) is 4.50. The summed E-state index contributed by atoms with van der Waals surface area (Å²) in [7, 11) is 0. The van der Waals surface area contributed by atoms with Crippen LogP contribution < -0.4 is 4.74 Å². The Morgan fingerprint density at radius 1 is 1.43 bits per heavy atom. The number of benzene rings is 1. The van der Waals surface area contributed by atoms with Gasteiger partial charge in [-0.1, -0.05) is 18.2 Å². The van der Waals surface area contributed by atoms with Crippen molar-refractivity contribution in [3.8, 4) is 6.01 Å². The van der Waals surface area contributed by atoms with E-state index in [1.165, 1.54) is 10.8 Å². The molecular formula is C13H11N3O5. The van der Waals surface area contributed by atoms with Crippen LogP contribution in [0.2, 0.25) is 0 Å². The van der Waals surface area contributed by atoms with Crippen LogP contribution in [0.3, 0.4) is 0 Å². The molecule has 1 aliphatic rings. The summed E-state index contributed by atoms with van der Waals surface area (Å²) in [6.45, 7) is 0.390. The van der Waals surface area contributed by atoms with Crippen molar-refractivity contribution in [3.63, 3.8) is 0 Å². The van der Waals surface area contributed by atoms with Gasteiger partial charge >= 0.3 is 17.8 Å². The zero-order valence-electron chi connectivity index (χ0n) is 10.8. The molecule has 1 unspecified atom stereocenters. The molecule has 1 atom stereocenters. The summed E-state index contributed by atoms with van der Waals surface area (Å²) in [6.07, 6.45) is 0.747. The third-order valence-corrected chi connectivity index (χ3v) is 3.00. The van der Waals surface area contributed by atoms with Gasteiger partial charge in [0.25, 0.3) is 0 Å². The van der Waals surface area contributed by atoms with Crippen LogP contribution in [0.5, 0.6) is 6.01 Å². The highest BCUT2D eigenvalue weighted by Crippen LogP contribution is 2.22. The van der Waals surface area contributed by atoms with Gasteiger partial charge in [0.05, 0.1) is 12.1 Å². The van der Waals surface area contributed by atoms with Gasteiger partial charge in [0.1, 0.15) is 12.8 Å². The van der Waals surface area contributed by atoms with E-state index in [1.54, 1.807) is 30.3 Å². The van der Waals surface area contributed by atoms with E-state index in [4.69, 9.17) is 9.47 Å². The van der Waals surface area contributed by atoms with Crippen molar-refractivity contribution >= 4 is 11.8 Å². The Kier molecular flexibility index (Phi) is 3.27. The monoisotopic (exact) mass is 289 g/mol. The van der Waals surface area contributed by atoms with E-state index in [-0.39, 0.29) is 25.0 Å². The standard InChI is InChI=1S/C13H11N3O5/c17-12(9-4-2-1-3-5-9)21-10-6-15-7-11(16(18)19)14-13(15)20-8-10/h1-5,7,10H,6,8H2. The highest BCUT2D eigenvalue weighted by atomic mass is 16.6. The quantitative estimate of drug-likeness (QED) is 0.481. The van der Waals surface area contributed by atoms with Crippen molar-refractivity contribution < 1.29 is 19.2 Å². The van der Waals surface area contributed by atoms with Crippen molar-refractivity contribution in [1.82, 2.24) is 9.55 Å². The first-order valence-electron chi connectivity index (χ1n) is 6.24. The molecule has 0 bridgehead atoms. The number of aromatic nitrogens is 2. The average molecular weight is 289 g/mol. The van der Waals surface area contributed by atoms with E-state index in [9.17, 15) is 14.9 Å². The Morgan fingerprint density at radius 2 is 2.19 bits per heavy atom. The van der Waals surface area contributed by atoms with Gasteiger partial charge in [-0.3, -0.25) is 4.57 Å².